The summed E-state index contributed by atoms with van der Waals surface area (Å²) in [5.41, 5.74) is 5.65. The number of hydrogen-bond acceptors (Lipinski definition) is 4. The van der Waals surface area contributed by atoms with Gasteiger partial charge in [0.1, 0.15) is 10.7 Å². The van der Waals surface area contributed by atoms with E-state index in [-0.39, 0.29) is 29.6 Å². The summed E-state index contributed by atoms with van der Waals surface area (Å²) in [6.07, 6.45) is -0.133. The van der Waals surface area contributed by atoms with Crippen LogP contribution >= 0.6 is 0 Å². The lowest BCUT2D eigenvalue weighted by Crippen LogP contribution is -2.45. The molecule has 0 aromatic heterocycles. The highest BCUT2D eigenvalue weighted by molar-refractivity contribution is 7.89. The Hall–Kier alpha value is -1.18. The van der Waals surface area contributed by atoms with Crippen molar-refractivity contribution in [3.63, 3.8) is 0 Å². The lowest BCUT2D eigenvalue weighted by Gasteiger charge is -2.33. The molecule has 1 aliphatic heterocycles. The van der Waals surface area contributed by atoms with E-state index in [1.54, 1.807) is 6.92 Å². The maximum Gasteiger partial charge on any atom is 0.245 e. The zero-order valence-corrected chi connectivity index (χ0v) is 11.4. The summed E-state index contributed by atoms with van der Waals surface area (Å²) in [6, 6.07) is 3.29. The fraction of sp³-hybridized carbons (Fsp3) is 0.500. The minimum absolute atomic E-state index is 0.0279. The highest BCUT2D eigenvalue weighted by Crippen LogP contribution is 2.27. The largest absolute Gasteiger partial charge is 0.398 e. The Bertz CT molecular complexity index is 576. The van der Waals surface area contributed by atoms with Crippen LogP contribution in [0.15, 0.2) is 23.1 Å². The molecule has 0 radical (unpaired) electrons. The van der Waals surface area contributed by atoms with Gasteiger partial charge in [0.15, 0.2) is 0 Å². The van der Waals surface area contributed by atoms with Gasteiger partial charge in [0.2, 0.25) is 10.0 Å². The third-order valence-corrected chi connectivity index (χ3v) is 5.34. The molecule has 106 valence electrons. The minimum Gasteiger partial charge on any atom is -0.398 e. The van der Waals surface area contributed by atoms with Crippen molar-refractivity contribution < 1.29 is 17.9 Å². The maximum absolute atomic E-state index is 13.2. The molecular formula is C12H17FN2O3S. The van der Waals surface area contributed by atoms with Crippen LogP contribution in [0.4, 0.5) is 10.1 Å². The molecule has 1 saturated heterocycles. The van der Waals surface area contributed by atoms with Gasteiger partial charge in [-0.05, 0) is 30.5 Å². The number of piperidine rings is 1. The molecule has 0 amide bonds. The second-order valence-corrected chi connectivity index (χ2v) is 6.78. The van der Waals surface area contributed by atoms with Gasteiger partial charge in [0, 0.05) is 13.1 Å². The van der Waals surface area contributed by atoms with Crippen LogP contribution in [0.5, 0.6) is 0 Å². The number of sulfonamides is 1. The lowest BCUT2D eigenvalue weighted by molar-refractivity contribution is 0.0629. The second-order valence-electron chi connectivity index (χ2n) is 4.88. The first-order valence-corrected chi connectivity index (χ1v) is 7.49. The lowest BCUT2D eigenvalue weighted by atomic mass is 9.99. The maximum atomic E-state index is 13.2. The van der Waals surface area contributed by atoms with Crippen LogP contribution in [0.1, 0.15) is 13.3 Å². The summed E-state index contributed by atoms with van der Waals surface area (Å²) < 4.78 is 39.3. The molecule has 3 N–H and O–H groups in total. The summed E-state index contributed by atoms with van der Waals surface area (Å²) in [4.78, 5) is -0.212. The summed E-state index contributed by atoms with van der Waals surface area (Å²) >= 11 is 0. The fourth-order valence-electron chi connectivity index (χ4n) is 2.18. The van der Waals surface area contributed by atoms with Crippen LogP contribution in [0.25, 0.3) is 0 Å². The van der Waals surface area contributed by atoms with E-state index >= 15 is 0 Å². The van der Waals surface area contributed by atoms with Gasteiger partial charge >= 0.3 is 0 Å². The van der Waals surface area contributed by atoms with Crippen molar-refractivity contribution in [1.29, 1.82) is 0 Å². The number of nitrogen functional groups attached to an aromatic ring is 1. The molecule has 0 saturated carbocycles. The second kappa shape index (κ2) is 5.07. The predicted octanol–water partition coefficient (Wildman–Crippen LogP) is 0.799. The zero-order chi connectivity index (χ0) is 14.2. The van der Waals surface area contributed by atoms with Gasteiger partial charge in [-0.1, -0.05) is 6.92 Å². The third-order valence-electron chi connectivity index (χ3n) is 3.42. The smallest absolute Gasteiger partial charge is 0.245 e. The van der Waals surface area contributed by atoms with Crippen molar-refractivity contribution >= 4 is 15.7 Å². The molecule has 0 spiro atoms. The van der Waals surface area contributed by atoms with E-state index in [4.69, 9.17) is 5.73 Å². The van der Waals surface area contributed by atoms with E-state index in [0.717, 1.165) is 12.1 Å². The van der Waals surface area contributed by atoms with Gasteiger partial charge < -0.3 is 10.8 Å². The van der Waals surface area contributed by atoms with Crippen LogP contribution in [-0.2, 0) is 10.0 Å². The van der Waals surface area contributed by atoms with Gasteiger partial charge in [0.05, 0.1) is 11.8 Å². The number of anilines is 1. The van der Waals surface area contributed by atoms with Crippen LogP contribution in [0.2, 0.25) is 0 Å². The standard InChI is InChI=1S/C12H17FN2O3S/c1-8-7-15(5-4-11(8)16)19(17,18)12-6-9(13)2-3-10(12)14/h2-3,6,8,11,16H,4-5,7,14H2,1H3. The van der Waals surface area contributed by atoms with Crippen LogP contribution in [0.3, 0.4) is 0 Å². The number of benzene rings is 1. The molecule has 1 aromatic carbocycles. The van der Waals surface area contributed by atoms with Crippen molar-refractivity contribution in [2.24, 2.45) is 5.92 Å². The SMILES string of the molecule is CC1CN(S(=O)(=O)c2cc(F)ccc2N)CCC1O. The van der Waals surface area contributed by atoms with Gasteiger partial charge in [0.25, 0.3) is 0 Å². The quantitative estimate of drug-likeness (QED) is 0.788. The Morgan fingerprint density at radius 2 is 2.16 bits per heavy atom. The molecule has 2 atom stereocenters. The number of aliphatic hydroxyl groups excluding tert-OH is 1. The minimum atomic E-state index is -3.81. The first-order chi connectivity index (χ1) is 8.82. The van der Waals surface area contributed by atoms with Gasteiger partial charge in [-0.15, -0.1) is 0 Å². The highest BCUT2D eigenvalue weighted by Gasteiger charge is 2.33. The summed E-state index contributed by atoms with van der Waals surface area (Å²) in [7, 11) is -3.81. The van der Waals surface area contributed by atoms with Crippen LogP contribution in [-0.4, -0.2) is 37.0 Å². The molecule has 1 fully saturated rings. The van der Waals surface area contributed by atoms with E-state index in [2.05, 4.69) is 0 Å². The number of rotatable bonds is 2. The Morgan fingerprint density at radius 1 is 1.47 bits per heavy atom. The van der Waals surface area contributed by atoms with Crippen molar-refractivity contribution in [2.45, 2.75) is 24.3 Å². The summed E-state index contributed by atoms with van der Waals surface area (Å²) in [5, 5.41) is 9.62. The van der Waals surface area contributed by atoms with Gasteiger partial charge in [-0.3, -0.25) is 0 Å². The average Bonchev–Trinajstić information content (AvgIpc) is 2.35. The number of hydrogen-bond donors (Lipinski definition) is 2. The molecule has 1 heterocycles. The third kappa shape index (κ3) is 2.72. The number of aliphatic hydroxyl groups is 1. The topological polar surface area (TPSA) is 83.6 Å². The van der Waals surface area contributed by atoms with E-state index in [0.29, 0.717) is 6.42 Å². The van der Waals surface area contributed by atoms with Gasteiger partial charge in [-0.2, -0.15) is 4.31 Å². The Morgan fingerprint density at radius 3 is 2.79 bits per heavy atom. The van der Waals surface area contributed by atoms with Crippen molar-refractivity contribution in [2.75, 3.05) is 18.8 Å². The van der Waals surface area contributed by atoms with E-state index in [1.807, 2.05) is 0 Å². The number of nitrogens with two attached hydrogens (primary N) is 1. The van der Waals surface area contributed by atoms with Crippen molar-refractivity contribution in [1.82, 2.24) is 4.31 Å². The molecule has 0 aliphatic carbocycles. The molecular weight excluding hydrogens is 271 g/mol. The predicted molar refractivity (Wildman–Crippen MR) is 69.4 cm³/mol. The Balaban J connectivity index is 2.35. The van der Waals surface area contributed by atoms with Gasteiger partial charge in [-0.25, -0.2) is 12.8 Å². The zero-order valence-electron chi connectivity index (χ0n) is 10.6. The fourth-order valence-corrected chi connectivity index (χ4v) is 3.87. The summed E-state index contributed by atoms with van der Waals surface area (Å²) in [5.74, 6) is -0.795. The highest BCUT2D eigenvalue weighted by atomic mass is 32.2. The van der Waals surface area contributed by atoms with Crippen molar-refractivity contribution in [3.8, 4) is 0 Å². The first kappa shape index (κ1) is 14.2. The van der Waals surface area contributed by atoms with E-state index < -0.39 is 21.9 Å². The molecule has 5 nitrogen and oxygen atoms in total. The molecule has 2 rings (SSSR count). The summed E-state index contributed by atoms with van der Waals surface area (Å²) in [6.45, 7) is 2.20. The molecule has 1 aromatic rings. The normalized spacial score (nSPS) is 25.4. The first-order valence-electron chi connectivity index (χ1n) is 6.05. The molecule has 7 heteroatoms. The number of nitrogens with zero attached hydrogens (tertiary/aromatic N) is 1. The molecule has 0 bridgehead atoms. The molecule has 2 unspecified atom stereocenters. The molecule has 1 aliphatic rings. The van der Waals surface area contributed by atoms with E-state index in [1.165, 1.54) is 10.4 Å². The van der Waals surface area contributed by atoms with Crippen LogP contribution in [0, 0.1) is 11.7 Å². The number of halogens is 1. The Labute approximate surface area is 111 Å². The molecule has 19 heavy (non-hydrogen) atoms. The van der Waals surface area contributed by atoms with E-state index in [9.17, 15) is 17.9 Å². The monoisotopic (exact) mass is 288 g/mol. The van der Waals surface area contributed by atoms with Crippen molar-refractivity contribution in [3.05, 3.63) is 24.0 Å². The van der Waals surface area contributed by atoms with Crippen LogP contribution < -0.4 is 5.73 Å². The Kier molecular flexibility index (Phi) is 3.80. The average molecular weight is 288 g/mol.